The number of rotatable bonds is 10. The highest BCUT2D eigenvalue weighted by molar-refractivity contribution is 9.10. The van der Waals surface area contributed by atoms with Gasteiger partial charge in [-0.05, 0) is 97.1 Å². The van der Waals surface area contributed by atoms with Crippen LogP contribution >= 0.6 is 31.9 Å². The van der Waals surface area contributed by atoms with E-state index in [1.165, 1.54) is 12.1 Å². The van der Waals surface area contributed by atoms with E-state index in [2.05, 4.69) is 42.2 Å². The van der Waals surface area contributed by atoms with Crippen molar-refractivity contribution in [3.8, 4) is 11.5 Å². The molecule has 0 fully saturated rings. The Balaban J connectivity index is 1.07. The molecule has 45 heavy (non-hydrogen) atoms. The predicted octanol–water partition coefficient (Wildman–Crippen LogP) is 7.90. The average Bonchev–Trinajstić information content (AvgIpc) is 3.76. The van der Waals surface area contributed by atoms with E-state index in [1.54, 1.807) is 97.1 Å². The van der Waals surface area contributed by atoms with Crippen LogP contribution in [0.2, 0.25) is 0 Å². The fourth-order valence-electron chi connectivity index (χ4n) is 4.25. The Morgan fingerprint density at radius 2 is 0.778 bits per heavy atom. The molecule has 6 rings (SSSR count). The molecule has 4 aromatic carbocycles. The molecule has 0 saturated carbocycles. The van der Waals surface area contributed by atoms with Crippen molar-refractivity contribution in [2.24, 2.45) is 0 Å². The van der Waals surface area contributed by atoms with Gasteiger partial charge < -0.3 is 13.8 Å². The molecule has 0 bridgehead atoms. The third-order valence-corrected chi connectivity index (χ3v) is 7.67. The zero-order valence-electron chi connectivity index (χ0n) is 22.9. The second kappa shape index (κ2) is 12.8. The molecule has 0 atom stereocenters. The summed E-state index contributed by atoms with van der Waals surface area (Å²) < 4.78 is 17.8. The van der Waals surface area contributed by atoms with Crippen LogP contribution in [0.3, 0.4) is 0 Å². The SMILES string of the molecule is O=C(c1ccc(Br)cc1)c1cc(C(=O)c2ccc(Oc3ccc(C(=O)c4cc(C(=O)c5ccc(Br)cc5)no4)cc3)cc2)on1. The topological polar surface area (TPSA) is 130 Å². The highest BCUT2D eigenvalue weighted by atomic mass is 79.9. The molecule has 11 heteroatoms. The van der Waals surface area contributed by atoms with Crippen LogP contribution in [0.4, 0.5) is 0 Å². The first kappa shape index (κ1) is 29.8. The lowest BCUT2D eigenvalue weighted by molar-refractivity contribution is 0.0991. The van der Waals surface area contributed by atoms with Gasteiger partial charge in [-0.1, -0.05) is 42.2 Å². The molecular weight excluding hydrogens is 708 g/mol. The monoisotopic (exact) mass is 724 g/mol. The van der Waals surface area contributed by atoms with Crippen LogP contribution in [0.15, 0.2) is 127 Å². The zero-order chi connectivity index (χ0) is 31.5. The third-order valence-electron chi connectivity index (χ3n) is 6.61. The van der Waals surface area contributed by atoms with E-state index in [9.17, 15) is 19.2 Å². The van der Waals surface area contributed by atoms with Crippen LogP contribution in [0.25, 0.3) is 0 Å². The molecule has 0 N–H and O–H groups in total. The third kappa shape index (κ3) is 6.64. The smallest absolute Gasteiger partial charge is 0.231 e. The van der Waals surface area contributed by atoms with Crippen LogP contribution in [-0.2, 0) is 0 Å². The minimum absolute atomic E-state index is 0.0283. The van der Waals surface area contributed by atoms with E-state index in [0.717, 1.165) is 8.95 Å². The molecule has 0 radical (unpaired) electrons. The lowest BCUT2D eigenvalue weighted by Crippen LogP contribution is -2.02. The molecule has 0 amide bonds. The van der Waals surface area contributed by atoms with Gasteiger partial charge in [0.25, 0.3) is 0 Å². The Morgan fingerprint density at radius 3 is 1.13 bits per heavy atom. The normalized spacial score (nSPS) is 10.8. The van der Waals surface area contributed by atoms with E-state index in [-0.39, 0.29) is 34.5 Å². The van der Waals surface area contributed by atoms with Gasteiger partial charge in [-0.2, -0.15) is 0 Å². The van der Waals surface area contributed by atoms with Gasteiger partial charge in [0.1, 0.15) is 11.5 Å². The average molecular weight is 726 g/mol. The van der Waals surface area contributed by atoms with E-state index < -0.39 is 11.6 Å². The number of nitrogens with zero attached hydrogens (tertiary/aromatic N) is 2. The van der Waals surface area contributed by atoms with Crippen molar-refractivity contribution in [2.75, 3.05) is 0 Å². The summed E-state index contributed by atoms with van der Waals surface area (Å²) in [5.74, 6) is -0.858. The van der Waals surface area contributed by atoms with Gasteiger partial charge in [-0.3, -0.25) is 19.2 Å². The van der Waals surface area contributed by atoms with Crippen molar-refractivity contribution in [2.45, 2.75) is 0 Å². The number of carbonyl (C=O) groups excluding carboxylic acids is 4. The number of ether oxygens (including phenoxy) is 1. The highest BCUT2D eigenvalue weighted by Crippen LogP contribution is 2.25. The predicted molar refractivity (Wildman–Crippen MR) is 168 cm³/mol. The second-order valence-corrected chi connectivity index (χ2v) is 11.5. The van der Waals surface area contributed by atoms with Crippen LogP contribution in [0, 0.1) is 0 Å². The van der Waals surface area contributed by atoms with E-state index >= 15 is 0 Å². The number of halogens is 2. The molecule has 220 valence electrons. The molecule has 0 saturated heterocycles. The molecular formula is C34H18Br2N2O7. The Hall–Kier alpha value is -5.26. The summed E-state index contributed by atoms with van der Waals surface area (Å²) in [6.07, 6.45) is 0. The minimum atomic E-state index is -0.444. The number of benzene rings is 4. The van der Waals surface area contributed by atoms with E-state index in [4.69, 9.17) is 13.8 Å². The van der Waals surface area contributed by atoms with Crippen molar-refractivity contribution in [3.63, 3.8) is 0 Å². The van der Waals surface area contributed by atoms with E-state index in [1.807, 2.05) is 0 Å². The molecule has 6 aromatic rings. The summed E-state index contributed by atoms with van der Waals surface area (Å²) in [7, 11) is 0. The van der Waals surface area contributed by atoms with Crippen LogP contribution in [0.5, 0.6) is 11.5 Å². The lowest BCUT2D eigenvalue weighted by Gasteiger charge is -2.07. The summed E-state index contributed by atoms with van der Waals surface area (Å²) in [6, 6.07) is 28.8. The van der Waals surface area contributed by atoms with E-state index in [0.29, 0.717) is 33.8 Å². The fourth-order valence-corrected chi connectivity index (χ4v) is 4.77. The Bertz CT molecular complexity index is 1900. The second-order valence-electron chi connectivity index (χ2n) is 9.63. The molecule has 0 aliphatic rings. The first-order valence-electron chi connectivity index (χ1n) is 13.3. The number of hydrogen-bond donors (Lipinski definition) is 0. The van der Waals surface area contributed by atoms with Crippen LogP contribution in [0.1, 0.15) is 64.3 Å². The van der Waals surface area contributed by atoms with Crippen molar-refractivity contribution in [1.82, 2.24) is 10.3 Å². The van der Waals surface area contributed by atoms with Gasteiger partial charge in [0.05, 0.1) is 0 Å². The molecule has 9 nitrogen and oxygen atoms in total. The summed E-state index contributed by atoms with van der Waals surface area (Å²) in [6.45, 7) is 0. The first-order valence-corrected chi connectivity index (χ1v) is 14.8. The van der Waals surface area contributed by atoms with Crippen LogP contribution < -0.4 is 4.74 Å². The number of ketones is 4. The molecule has 2 aromatic heterocycles. The fraction of sp³-hybridized carbons (Fsp3) is 0. The number of aromatic nitrogens is 2. The molecule has 0 aliphatic carbocycles. The highest BCUT2D eigenvalue weighted by Gasteiger charge is 2.21. The van der Waals surface area contributed by atoms with Gasteiger partial charge in [0, 0.05) is 43.3 Å². The standard InChI is InChI=1S/C34H18Br2N2O7/c35-23-9-1-19(2-10-23)31(39)27-17-29(44-37-27)33(41)21-5-13-25(14-6-21)43-26-15-7-22(8-16-26)34(42)30-18-28(38-45-30)32(40)20-3-11-24(36)12-4-20/h1-18H. The molecule has 0 spiro atoms. The number of carbonyl (C=O) groups is 4. The summed E-state index contributed by atoms with van der Waals surface area (Å²) in [5, 5.41) is 7.53. The first-order chi connectivity index (χ1) is 21.7. The Morgan fingerprint density at radius 1 is 0.467 bits per heavy atom. The van der Waals surface area contributed by atoms with Crippen molar-refractivity contribution in [3.05, 3.63) is 163 Å². The maximum atomic E-state index is 12.9. The van der Waals surface area contributed by atoms with Crippen molar-refractivity contribution in [1.29, 1.82) is 0 Å². The van der Waals surface area contributed by atoms with Gasteiger partial charge in [0.15, 0.2) is 11.4 Å². The van der Waals surface area contributed by atoms with Gasteiger partial charge in [-0.25, -0.2) is 0 Å². The maximum Gasteiger partial charge on any atom is 0.231 e. The summed E-state index contributed by atoms with van der Waals surface area (Å²) in [4.78, 5) is 51.1. The van der Waals surface area contributed by atoms with Crippen LogP contribution in [-0.4, -0.2) is 33.4 Å². The van der Waals surface area contributed by atoms with Gasteiger partial charge >= 0.3 is 0 Å². The van der Waals surface area contributed by atoms with Gasteiger partial charge in [-0.15, -0.1) is 0 Å². The minimum Gasteiger partial charge on any atom is -0.457 e. The molecule has 0 aliphatic heterocycles. The Kier molecular flexibility index (Phi) is 8.45. The molecule has 2 heterocycles. The maximum absolute atomic E-state index is 12.9. The Labute approximate surface area is 272 Å². The van der Waals surface area contributed by atoms with Crippen molar-refractivity contribution >= 4 is 55.0 Å². The quantitative estimate of drug-likeness (QED) is 0.129. The summed E-state index contributed by atoms with van der Waals surface area (Å²) in [5.41, 5.74) is 1.52. The van der Waals surface area contributed by atoms with Gasteiger partial charge in [0.2, 0.25) is 34.7 Å². The number of hydrogen-bond acceptors (Lipinski definition) is 9. The van der Waals surface area contributed by atoms with Crippen molar-refractivity contribution < 1.29 is 33.0 Å². The molecule has 0 unspecified atom stereocenters. The lowest BCUT2D eigenvalue weighted by atomic mass is 10.1. The zero-order valence-corrected chi connectivity index (χ0v) is 26.1. The summed E-state index contributed by atoms with van der Waals surface area (Å²) >= 11 is 6.65. The largest absolute Gasteiger partial charge is 0.457 e.